The van der Waals surface area contributed by atoms with E-state index in [9.17, 15) is 24.2 Å². The molecule has 1 atom stereocenters. The third kappa shape index (κ3) is 6.14. The zero-order valence-corrected chi connectivity index (χ0v) is 21.8. The quantitative estimate of drug-likeness (QED) is 0.332. The summed E-state index contributed by atoms with van der Waals surface area (Å²) in [5.41, 5.74) is 6.30. The molecule has 38 heavy (non-hydrogen) atoms. The van der Waals surface area contributed by atoms with Crippen LogP contribution in [0, 0.1) is 17.6 Å². The molecule has 1 aromatic heterocycles. The van der Waals surface area contributed by atoms with Crippen molar-refractivity contribution in [3.8, 4) is 11.3 Å². The lowest BCUT2D eigenvalue weighted by Gasteiger charge is -2.30. The number of nitrogen functional groups attached to an aromatic ring is 1. The van der Waals surface area contributed by atoms with Gasteiger partial charge in [-0.25, -0.2) is 18.7 Å². The highest BCUT2D eigenvalue weighted by molar-refractivity contribution is 9.10. The number of likely N-dealkylation sites (tertiary alicyclic amines) is 1. The summed E-state index contributed by atoms with van der Waals surface area (Å²) < 4.78 is 29.2. The second-order valence-corrected chi connectivity index (χ2v) is 9.93. The van der Waals surface area contributed by atoms with E-state index < -0.39 is 30.2 Å². The molecule has 2 aromatic carbocycles. The van der Waals surface area contributed by atoms with Crippen LogP contribution in [0.2, 0.25) is 0 Å². The van der Waals surface area contributed by atoms with Crippen LogP contribution in [-0.2, 0) is 0 Å². The number of nitrogens with one attached hydrogen (secondary N) is 1. The van der Waals surface area contributed by atoms with Crippen LogP contribution in [0.15, 0.2) is 47.1 Å². The Hall–Kier alpha value is -3.48. The summed E-state index contributed by atoms with van der Waals surface area (Å²) in [5, 5.41) is 21.5. The molecule has 1 fully saturated rings. The first kappa shape index (κ1) is 27.6. The number of piperidine rings is 1. The normalized spacial score (nSPS) is 14.8. The van der Waals surface area contributed by atoms with Crippen LogP contribution in [-0.4, -0.2) is 63.2 Å². The van der Waals surface area contributed by atoms with Crippen LogP contribution < -0.4 is 11.1 Å². The highest BCUT2D eigenvalue weighted by Crippen LogP contribution is 2.26. The van der Waals surface area contributed by atoms with Gasteiger partial charge in [0.2, 0.25) is 0 Å². The van der Waals surface area contributed by atoms with E-state index in [2.05, 4.69) is 31.2 Å². The second-order valence-electron chi connectivity index (χ2n) is 9.01. The average molecular weight is 590 g/mol. The van der Waals surface area contributed by atoms with Gasteiger partial charge in [0.25, 0.3) is 11.8 Å². The van der Waals surface area contributed by atoms with Crippen LogP contribution in [0.5, 0.6) is 0 Å². The number of anilines is 1. The number of rotatable bonds is 7. The minimum absolute atomic E-state index is 0.0193. The van der Waals surface area contributed by atoms with Gasteiger partial charge in [-0.05, 0) is 54.7 Å². The van der Waals surface area contributed by atoms with Crippen molar-refractivity contribution in [3.63, 3.8) is 0 Å². The molecule has 12 heteroatoms. The Balaban J connectivity index is 1.53. The number of aromatic nitrogens is 2. The Morgan fingerprint density at radius 1 is 1.16 bits per heavy atom. The third-order valence-electron chi connectivity index (χ3n) is 6.44. The number of hydrogen-bond acceptors (Lipinski definition) is 7. The number of carbonyl (C=O) groups is 2. The average Bonchev–Trinajstić information content (AvgIpc) is 2.91. The number of hydrogen-bond donors (Lipinski definition) is 4. The number of nitrogens with two attached hydrogens (primary N) is 1. The van der Waals surface area contributed by atoms with Crippen molar-refractivity contribution < 1.29 is 28.6 Å². The highest BCUT2D eigenvalue weighted by Gasteiger charge is 2.25. The van der Waals surface area contributed by atoms with Crippen molar-refractivity contribution in [1.82, 2.24) is 20.2 Å². The van der Waals surface area contributed by atoms with Crippen molar-refractivity contribution in [1.29, 1.82) is 0 Å². The van der Waals surface area contributed by atoms with Crippen LogP contribution in [0.1, 0.15) is 45.3 Å². The number of amides is 2. The predicted molar refractivity (Wildman–Crippen MR) is 139 cm³/mol. The SMILES string of the molecule is Nc1ncc(C(=O)N2CCC(CO)CC2)nc1-c1ccc(C(=O)NC(CO)c2cc(F)cc(Br)c2)c(F)c1. The van der Waals surface area contributed by atoms with Gasteiger partial charge in [-0.15, -0.1) is 0 Å². The van der Waals surface area contributed by atoms with Crippen molar-refractivity contribution in [2.45, 2.75) is 18.9 Å². The van der Waals surface area contributed by atoms with Gasteiger partial charge in [-0.2, -0.15) is 0 Å². The topological polar surface area (TPSA) is 142 Å². The fourth-order valence-corrected chi connectivity index (χ4v) is 4.77. The first-order valence-electron chi connectivity index (χ1n) is 11.9. The second kappa shape index (κ2) is 11.9. The summed E-state index contributed by atoms with van der Waals surface area (Å²) in [6, 6.07) is 6.67. The Morgan fingerprint density at radius 3 is 2.53 bits per heavy atom. The lowest BCUT2D eigenvalue weighted by Crippen LogP contribution is -2.39. The third-order valence-corrected chi connectivity index (χ3v) is 6.90. The van der Waals surface area contributed by atoms with Crippen LogP contribution in [0.25, 0.3) is 11.3 Å². The first-order valence-corrected chi connectivity index (χ1v) is 12.7. The molecule has 200 valence electrons. The van der Waals surface area contributed by atoms with E-state index >= 15 is 4.39 Å². The Labute approximate surface area is 225 Å². The number of benzene rings is 2. The molecular formula is C26H26BrF2N5O4. The van der Waals surface area contributed by atoms with Gasteiger partial charge in [0.1, 0.15) is 28.8 Å². The molecule has 1 saturated heterocycles. The number of aliphatic hydroxyl groups excluding tert-OH is 2. The lowest BCUT2D eigenvalue weighted by atomic mass is 9.98. The molecule has 1 unspecified atom stereocenters. The van der Waals surface area contributed by atoms with E-state index in [0.717, 1.165) is 12.1 Å². The molecule has 0 saturated carbocycles. The predicted octanol–water partition coefficient (Wildman–Crippen LogP) is 3.07. The number of aliphatic hydroxyl groups is 2. The van der Waals surface area contributed by atoms with Gasteiger partial charge in [0, 0.05) is 29.7 Å². The fraction of sp³-hybridized carbons (Fsp3) is 0.308. The maximum atomic E-state index is 15.0. The van der Waals surface area contributed by atoms with E-state index in [-0.39, 0.29) is 46.8 Å². The van der Waals surface area contributed by atoms with Gasteiger partial charge < -0.3 is 26.2 Å². The van der Waals surface area contributed by atoms with Gasteiger partial charge in [-0.1, -0.05) is 22.0 Å². The number of halogens is 3. The van der Waals surface area contributed by atoms with Gasteiger partial charge in [-0.3, -0.25) is 9.59 Å². The molecule has 9 nitrogen and oxygen atoms in total. The Morgan fingerprint density at radius 2 is 1.89 bits per heavy atom. The molecular weight excluding hydrogens is 564 g/mol. The number of carbonyl (C=O) groups excluding carboxylic acids is 2. The van der Waals surface area contributed by atoms with Crippen LogP contribution in [0.4, 0.5) is 14.6 Å². The molecule has 2 amide bonds. The first-order chi connectivity index (χ1) is 18.2. The van der Waals surface area contributed by atoms with E-state index in [1.807, 2.05) is 0 Å². The van der Waals surface area contributed by atoms with Crippen molar-refractivity contribution in [3.05, 3.63) is 75.5 Å². The minimum Gasteiger partial charge on any atom is -0.396 e. The monoisotopic (exact) mass is 589 g/mol. The smallest absolute Gasteiger partial charge is 0.274 e. The summed E-state index contributed by atoms with van der Waals surface area (Å²) in [6.07, 6.45) is 2.62. The van der Waals surface area contributed by atoms with E-state index in [1.54, 1.807) is 4.90 Å². The summed E-state index contributed by atoms with van der Waals surface area (Å²) in [7, 11) is 0. The summed E-state index contributed by atoms with van der Waals surface area (Å²) in [6.45, 7) is 0.499. The van der Waals surface area contributed by atoms with Gasteiger partial charge in [0.05, 0.1) is 24.4 Å². The van der Waals surface area contributed by atoms with Crippen molar-refractivity contribution in [2.24, 2.45) is 5.92 Å². The maximum absolute atomic E-state index is 15.0. The van der Waals surface area contributed by atoms with Crippen molar-refractivity contribution in [2.75, 3.05) is 32.0 Å². The molecule has 2 heterocycles. The van der Waals surface area contributed by atoms with Gasteiger partial charge in [0.15, 0.2) is 0 Å². The molecule has 0 aliphatic carbocycles. The van der Waals surface area contributed by atoms with E-state index in [4.69, 9.17) is 5.73 Å². The fourth-order valence-electron chi connectivity index (χ4n) is 4.29. The molecule has 5 N–H and O–H groups in total. The zero-order chi connectivity index (χ0) is 27.4. The molecule has 4 rings (SSSR count). The molecule has 3 aromatic rings. The maximum Gasteiger partial charge on any atom is 0.274 e. The van der Waals surface area contributed by atoms with Crippen molar-refractivity contribution >= 4 is 33.6 Å². The van der Waals surface area contributed by atoms with Crippen LogP contribution >= 0.6 is 15.9 Å². The highest BCUT2D eigenvalue weighted by atomic mass is 79.9. The molecule has 0 radical (unpaired) electrons. The summed E-state index contributed by atoms with van der Waals surface area (Å²) in [4.78, 5) is 35.7. The molecule has 0 bridgehead atoms. The molecule has 0 spiro atoms. The minimum atomic E-state index is -0.972. The zero-order valence-electron chi connectivity index (χ0n) is 20.2. The van der Waals surface area contributed by atoms with E-state index in [0.29, 0.717) is 36.0 Å². The summed E-state index contributed by atoms with van der Waals surface area (Å²) >= 11 is 3.16. The largest absolute Gasteiger partial charge is 0.396 e. The lowest BCUT2D eigenvalue weighted by molar-refractivity contribution is 0.0644. The Bertz CT molecular complexity index is 1330. The molecule has 1 aliphatic heterocycles. The molecule has 1 aliphatic rings. The van der Waals surface area contributed by atoms with Gasteiger partial charge >= 0.3 is 0 Å². The Kier molecular flexibility index (Phi) is 8.65. The number of nitrogens with zero attached hydrogens (tertiary/aromatic N) is 3. The van der Waals surface area contributed by atoms with Crippen LogP contribution in [0.3, 0.4) is 0 Å². The standard InChI is InChI=1S/C26H26BrF2N5O4/c27-17-7-16(8-18(28)10-17)22(13-36)33-25(37)19-2-1-15(9-20(19)29)23-24(30)31-11-21(32-23)26(38)34-5-3-14(12-35)4-6-34/h1-2,7-11,14,22,35-36H,3-6,12-13H2,(H2,30,31)(H,33,37). The summed E-state index contributed by atoms with van der Waals surface area (Å²) in [5.74, 6) is -2.47. The van der Waals surface area contributed by atoms with E-state index in [1.165, 1.54) is 30.5 Å².